The molecule has 31 heavy (non-hydrogen) atoms. The molecule has 3 amide bonds. The smallest absolute Gasteiger partial charge is 0.325 e. The predicted octanol–water partition coefficient (Wildman–Crippen LogP) is -3.04. The zero-order chi connectivity index (χ0) is 24.3. The molecule has 0 aromatic heterocycles. The monoisotopic (exact) mass is 445 g/mol. The number of hydrogen-bond acceptors (Lipinski definition) is 7. The van der Waals surface area contributed by atoms with Gasteiger partial charge in [-0.3, -0.25) is 24.2 Å². The van der Waals surface area contributed by atoms with Crippen molar-refractivity contribution in [3.05, 3.63) is 0 Å². The lowest BCUT2D eigenvalue weighted by Gasteiger charge is -2.26. The van der Waals surface area contributed by atoms with Gasteiger partial charge in [-0.05, 0) is 32.6 Å². The van der Waals surface area contributed by atoms with Crippen LogP contribution in [-0.2, 0) is 19.2 Å². The first-order valence-electron chi connectivity index (χ1n) is 9.90. The number of carboxylic acid groups (broad SMARTS) is 1. The van der Waals surface area contributed by atoms with E-state index in [-0.39, 0.29) is 24.8 Å². The minimum Gasteiger partial charge on any atom is -0.480 e. The molecule has 0 heterocycles. The summed E-state index contributed by atoms with van der Waals surface area (Å²) < 4.78 is 0. The maximum absolute atomic E-state index is 12.8. The molecule has 0 aliphatic rings. The van der Waals surface area contributed by atoms with Crippen LogP contribution >= 0.6 is 0 Å². The van der Waals surface area contributed by atoms with E-state index in [4.69, 9.17) is 22.3 Å². The summed E-state index contributed by atoms with van der Waals surface area (Å²) in [6.45, 7) is 6.19. The third-order valence-corrected chi connectivity index (χ3v) is 4.39. The fraction of sp³-hybridized carbons (Fsp3) is 0.722. The van der Waals surface area contributed by atoms with Gasteiger partial charge in [0.1, 0.15) is 18.1 Å². The lowest BCUT2D eigenvalue weighted by atomic mass is 10.0. The van der Waals surface area contributed by atoms with Crippen LogP contribution in [0, 0.1) is 5.92 Å². The number of carbonyl (C=O) groups is 4. The van der Waals surface area contributed by atoms with Crippen molar-refractivity contribution in [2.24, 2.45) is 28.1 Å². The SMILES string of the molecule is CC(NC(=O)C(NC(=O)C(CCCN=C(N)N)NC(=O)C(N)C(C)C)C(C)O)C(=O)O. The number of nitrogens with one attached hydrogen (secondary N) is 3. The van der Waals surface area contributed by atoms with Gasteiger partial charge in [-0.25, -0.2) is 0 Å². The molecule has 11 N–H and O–H groups in total. The Bertz CT molecular complexity index is 664. The van der Waals surface area contributed by atoms with Gasteiger partial charge in [0.05, 0.1) is 12.1 Å². The van der Waals surface area contributed by atoms with Crippen molar-refractivity contribution in [2.45, 2.75) is 70.8 Å². The maximum atomic E-state index is 12.8. The quantitative estimate of drug-likeness (QED) is 0.0815. The molecule has 0 saturated heterocycles. The van der Waals surface area contributed by atoms with Crippen molar-refractivity contribution in [3.63, 3.8) is 0 Å². The summed E-state index contributed by atoms with van der Waals surface area (Å²) in [5.74, 6) is -3.78. The highest BCUT2D eigenvalue weighted by atomic mass is 16.4. The van der Waals surface area contributed by atoms with Gasteiger partial charge < -0.3 is 43.4 Å². The first kappa shape index (κ1) is 28.1. The van der Waals surface area contributed by atoms with Crippen molar-refractivity contribution < 1.29 is 29.4 Å². The number of guanidine groups is 1. The number of aliphatic carboxylic acids is 1. The van der Waals surface area contributed by atoms with Gasteiger partial charge in [-0.15, -0.1) is 0 Å². The highest BCUT2D eigenvalue weighted by Gasteiger charge is 2.32. The fourth-order valence-electron chi connectivity index (χ4n) is 2.37. The summed E-state index contributed by atoms with van der Waals surface area (Å²) in [4.78, 5) is 52.2. The summed E-state index contributed by atoms with van der Waals surface area (Å²) in [5, 5.41) is 25.9. The third kappa shape index (κ3) is 10.6. The lowest BCUT2D eigenvalue weighted by molar-refractivity contribution is -0.142. The van der Waals surface area contributed by atoms with Crippen LogP contribution in [0.5, 0.6) is 0 Å². The van der Waals surface area contributed by atoms with Crippen LogP contribution in [0.3, 0.4) is 0 Å². The second-order valence-corrected chi connectivity index (χ2v) is 7.58. The number of aliphatic hydroxyl groups is 1. The molecule has 0 radical (unpaired) electrons. The number of nitrogens with zero attached hydrogens (tertiary/aromatic N) is 1. The molecule has 0 aromatic carbocycles. The standard InChI is InChI=1S/C18H35N7O6/c1-8(2)12(19)15(28)24-11(6-5-7-22-18(20)21)14(27)25-13(10(4)26)16(29)23-9(3)17(30)31/h8-13,26H,5-7,19H2,1-4H3,(H,23,29)(H,24,28)(H,25,27)(H,30,31)(H4,20,21,22). The van der Waals surface area contributed by atoms with Crippen LogP contribution in [0.1, 0.15) is 40.5 Å². The van der Waals surface area contributed by atoms with Crippen LogP contribution in [0.2, 0.25) is 0 Å². The molecule has 5 atom stereocenters. The van der Waals surface area contributed by atoms with Crippen LogP contribution < -0.4 is 33.2 Å². The second-order valence-electron chi connectivity index (χ2n) is 7.58. The molecule has 0 bridgehead atoms. The first-order chi connectivity index (χ1) is 14.3. The number of rotatable bonds is 13. The van der Waals surface area contributed by atoms with Crippen LogP contribution in [0.15, 0.2) is 4.99 Å². The molecule has 13 heteroatoms. The fourth-order valence-corrected chi connectivity index (χ4v) is 2.37. The van der Waals surface area contributed by atoms with E-state index in [0.29, 0.717) is 6.42 Å². The van der Waals surface area contributed by atoms with Crippen LogP contribution in [-0.4, -0.2) is 76.7 Å². The molecule has 0 spiro atoms. The number of carboxylic acids is 1. The first-order valence-corrected chi connectivity index (χ1v) is 9.90. The van der Waals surface area contributed by atoms with E-state index in [1.54, 1.807) is 13.8 Å². The summed E-state index contributed by atoms with van der Waals surface area (Å²) in [6, 6.07) is -4.62. The molecule has 13 nitrogen and oxygen atoms in total. The number of carbonyl (C=O) groups excluding carboxylic acids is 3. The van der Waals surface area contributed by atoms with E-state index < -0.39 is 54.0 Å². The van der Waals surface area contributed by atoms with Crippen molar-refractivity contribution in [3.8, 4) is 0 Å². The van der Waals surface area contributed by atoms with Crippen molar-refractivity contribution in [1.29, 1.82) is 0 Å². The zero-order valence-electron chi connectivity index (χ0n) is 18.3. The molecule has 0 fully saturated rings. The highest BCUT2D eigenvalue weighted by Crippen LogP contribution is 2.05. The Balaban J connectivity index is 5.38. The summed E-state index contributed by atoms with van der Waals surface area (Å²) >= 11 is 0. The highest BCUT2D eigenvalue weighted by molar-refractivity contribution is 5.94. The number of amides is 3. The minimum atomic E-state index is -1.44. The Kier molecular flexibility index (Phi) is 12.1. The zero-order valence-corrected chi connectivity index (χ0v) is 18.3. The van der Waals surface area contributed by atoms with E-state index in [1.807, 2.05) is 0 Å². The Morgan fingerprint density at radius 1 is 0.935 bits per heavy atom. The molecule has 0 aromatic rings. The molecular formula is C18H35N7O6. The Morgan fingerprint density at radius 3 is 1.97 bits per heavy atom. The van der Waals surface area contributed by atoms with Gasteiger partial charge in [0.2, 0.25) is 17.7 Å². The second kappa shape index (κ2) is 13.4. The van der Waals surface area contributed by atoms with E-state index in [0.717, 1.165) is 0 Å². The molecule has 178 valence electrons. The van der Waals surface area contributed by atoms with Gasteiger partial charge >= 0.3 is 5.97 Å². The number of aliphatic imine (C=N–C) groups is 1. The number of hydrogen-bond donors (Lipinski definition) is 8. The van der Waals surface area contributed by atoms with Crippen molar-refractivity contribution in [1.82, 2.24) is 16.0 Å². The topological polar surface area (TPSA) is 235 Å². The normalized spacial score (nSPS) is 15.7. The molecule has 0 saturated carbocycles. The van der Waals surface area contributed by atoms with Gasteiger partial charge in [-0.2, -0.15) is 0 Å². The van der Waals surface area contributed by atoms with E-state index in [1.165, 1.54) is 13.8 Å². The van der Waals surface area contributed by atoms with Gasteiger partial charge in [0.15, 0.2) is 5.96 Å². The summed E-state index contributed by atoms with van der Waals surface area (Å²) in [5.41, 5.74) is 16.4. The van der Waals surface area contributed by atoms with E-state index in [2.05, 4.69) is 20.9 Å². The Labute approximate surface area is 181 Å². The van der Waals surface area contributed by atoms with Gasteiger partial charge in [0, 0.05) is 6.54 Å². The number of aliphatic hydroxyl groups excluding tert-OH is 1. The van der Waals surface area contributed by atoms with Crippen molar-refractivity contribution >= 4 is 29.7 Å². The average Bonchev–Trinajstić information content (AvgIpc) is 2.66. The molecule has 0 aliphatic carbocycles. The Hall–Kier alpha value is -2.93. The lowest BCUT2D eigenvalue weighted by Crippen LogP contribution is -2.59. The van der Waals surface area contributed by atoms with Gasteiger partial charge in [0.25, 0.3) is 0 Å². The van der Waals surface area contributed by atoms with E-state index in [9.17, 15) is 24.3 Å². The molecule has 5 unspecified atom stereocenters. The average molecular weight is 446 g/mol. The molecular weight excluding hydrogens is 410 g/mol. The van der Waals surface area contributed by atoms with Crippen LogP contribution in [0.25, 0.3) is 0 Å². The largest absolute Gasteiger partial charge is 0.480 e. The maximum Gasteiger partial charge on any atom is 0.325 e. The number of nitrogens with two attached hydrogens (primary N) is 3. The van der Waals surface area contributed by atoms with Crippen LogP contribution in [0.4, 0.5) is 0 Å². The predicted molar refractivity (Wildman–Crippen MR) is 114 cm³/mol. The molecule has 0 aliphatic heterocycles. The molecule has 0 rings (SSSR count). The summed E-state index contributed by atoms with van der Waals surface area (Å²) in [7, 11) is 0. The summed E-state index contributed by atoms with van der Waals surface area (Å²) in [6.07, 6.45) is -0.881. The van der Waals surface area contributed by atoms with E-state index >= 15 is 0 Å². The Morgan fingerprint density at radius 2 is 1.52 bits per heavy atom. The minimum absolute atomic E-state index is 0.120. The third-order valence-electron chi connectivity index (χ3n) is 4.39. The van der Waals surface area contributed by atoms with Gasteiger partial charge in [-0.1, -0.05) is 13.8 Å². The van der Waals surface area contributed by atoms with Crippen molar-refractivity contribution in [2.75, 3.05) is 6.54 Å².